The molecule has 17 heavy (non-hydrogen) atoms. The van der Waals surface area contributed by atoms with Crippen LogP contribution in [-0.2, 0) is 6.54 Å². The van der Waals surface area contributed by atoms with Crippen molar-refractivity contribution >= 4 is 15.9 Å². The molecule has 0 saturated heterocycles. The minimum atomic E-state index is -0.207. The van der Waals surface area contributed by atoms with Crippen molar-refractivity contribution in [3.05, 3.63) is 16.4 Å². The van der Waals surface area contributed by atoms with E-state index < -0.39 is 0 Å². The van der Waals surface area contributed by atoms with Crippen molar-refractivity contribution in [3.63, 3.8) is 0 Å². The molecule has 1 aliphatic rings. The summed E-state index contributed by atoms with van der Waals surface area (Å²) in [6.07, 6.45) is 8.34. The molecular weight excluding hydrogens is 280 g/mol. The highest BCUT2D eigenvalue weighted by atomic mass is 79.9. The minimum absolute atomic E-state index is 0.207. The number of nitrogens with zero attached hydrogens (tertiary/aromatic N) is 2. The van der Waals surface area contributed by atoms with E-state index in [1.807, 2.05) is 6.20 Å². The zero-order valence-corrected chi connectivity index (χ0v) is 12.0. The van der Waals surface area contributed by atoms with Gasteiger partial charge in [0, 0.05) is 12.5 Å². The first-order valence-corrected chi connectivity index (χ1v) is 7.42. The molecular formula is C13H21BrN2O. The van der Waals surface area contributed by atoms with Crippen molar-refractivity contribution < 1.29 is 5.11 Å². The number of aliphatic hydroxyl groups is 1. The van der Waals surface area contributed by atoms with Gasteiger partial charge in [0.05, 0.1) is 22.5 Å². The van der Waals surface area contributed by atoms with Crippen LogP contribution in [0.3, 0.4) is 0 Å². The molecule has 0 aromatic carbocycles. The zero-order valence-electron chi connectivity index (χ0n) is 10.4. The van der Waals surface area contributed by atoms with Crippen LogP contribution in [0.25, 0.3) is 0 Å². The van der Waals surface area contributed by atoms with Crippen LogP contribution in [-0.4, -0.2) is 21.0 Å². The number of hydrogen-bond acceptors (Lipinski definition) is 2. The largest absolute Gasteiger partial charge is 0.392 e. The topological polar surface area (TPSA) is 38.0 Å². The fourth-order valence-electron chi connectivity index (χ4n) is 2.74. The van der Waals surface area contributed by atoms with E-state index in [9.17, 15) is 5.11 Å². The first-order valence-electron chi connectivity index (χ1n) is 6.63. The van der Waals surface area contributed by atoms with Crippen molar-refractivity contribution in [1.82, 2.24) is 9.78 Å². The second-order valence-electron chi connectivity index (χ2n) is 4.91. The number of halogens is 1. The highest BCUT2D eigenvalue weighted by molar-refractivity contribution is 9.10. The van der Waals surface area contributed by atoms with Crippen molar-refractivity contribution in [2.24, 2.45) is 0 Å². The van der Waals surface area contributed by atoms with E-state index in [4.69, 9.17) is 0 Å². The molecule has 0 bridgehead atoms. The minimum Gasteiger partial charge on any atom is -0.392 e. The summed E-state index contributed by atoms with van der Waals surface area (Å²) in [5, 5.41) is 14.7. The Labute approximate surface area is 111 Å². The molecule has 1 N–H and O–H groups in total. The fourth-order valence-corrected chi connectivity index (χ4v) is 3.33. The molecule has 4 heteroatoms. The summed E-state index contributed by atoms with van der Waals surface area (Å²) >= 11 is 3.58. The highest BCUT2D eigenvalue weighted by Crippen LogP contribution is 2.35. The first-order chi connectivity index (χ1) is 8.24. The third kappa shape index (κ3) is 2.91. The van der Waals surface area contributed by atoms with Gasteiger partial charge < -0.3 is 5.11 Å². The van der Waals surface area contributed by atoms with Crippen molar-refractivity contribution in [1.29, 1.82) is 0 Å². The first kappa shape index (κ1) is 13.1. The van der Waals surface area contributed by atoms with Crippen LogP contribution in [0.1, 0.15) is 57.1 Å². The molecule has 1 aromatic heterocycles. The quantitative estimate of drug-likeness (QED) is 0.868. The lowest BCUT2D eigenvalue weighted by Crippen LogP contribution is -2.21. The molecule has 96 valence electrons. The van der Waals surface area contributed by atoms with Crippen LogP contribution in [0.2, 0.25) is 0 Å². The summed E-state index contributed by atoms with van der Waals surface area (Å²) in [5.41, 5.74) is 1.20. The SMILES string of the molecule is CCCn1ncc(Br)c1C1CCCCCC1O. The molecule has 0 amide bonds. The molecule has 0 aliphatic heterocycles. The normalized spacial score (nSPS) is 25.8. The van der Waals surface area contributed by atoms with Gasteiger partial charge in [0.1, 0.15) is 0 Å². The monoisotopic (exact) mass is 300 g/mol. The molecule has 1 aromatic rings. The number of aromatic nitrogens is 2. The Balaban J connectivity index is 2.26. The summed E-state index contributed by atoms with van der Waals surface area (Å²) in [5.74, 6) is 0.251. The third-order valence-electron chi connectivity index (χ3n) is 3.60. The molecule has 1 saturated carbocycles. The summed E-state index contributed by atoms with van der Waals surface area (Å²) in [6, 6.07) is 0. The van der Waals surface area contributed by atoms with E-state index in [0.29, 0.717) is 0 Å². The van der Waals surface area contributed by atoms with E-state index in [2.05, 4.69) is 32.6 Å². The van der Waals surface area contributed by atoms with E-state index in [1.54, 1.807) is 0 Å². The fraction of sp³-hybridized carbons (Fsp3) is 0.769. The van der Waals surface area contributed by atoms with Crippen LogP contribution in [0.4, 0.5) is 0 Å². The van der Waals surface area contributed by atoms with Gasteiger partial charge in [-0.25, -0.2) is 0 Å². The van der Waals surface area contributed by atoms with Crippen LogP contribution < -0.4 is 0 Å². The van der Waals surface area contributed by atoms with Gasteiger partial charge >= 0.3 is 0 Å². The second-order valence-corrected chi connectivity index (χ2v) is 5.77. The highest BCUT2D eigenvalue weighted by Gasteiger charge is 2.28. The van der Waals surface area contributed by atoms with Crippen LogP contribution in [0, 0.1) is 0 Å². The third-order valence-corrected chi connectivity index (χ3v) is 4.21. The van der Waals surface area contributed by atoms with Gasteiger partial charge in [-0.3, -0.25) is 4.68 Å². The number of aliphatic hydroxyl groups excluding tert-OH is 1. The van der Waals surface area contributed by atoms with Crippen molar-refractivity contribution in [2.45, 2.75) is 64.0 Å². The van der Waals surface area contributed by atoms with E-state index in [0.717, 1.165) is 36.7 Å². The van der Waals surface area contributed by atoms with E-state index in [1.165, 1.54) is 18.5 Å². The van der Waals surface area contributed by atoms with Gasteiger partial charge in [-0.2, -0.15) is 5.10 Å². The van der Waals surface area contributed by atoms with Gasteiger partial charge in [0.25, 0.3) is 0 Å². The molecule has 1 heterocycles. The molecule has 1 fully saturated rings. The Kier molecular flexibility index (Phi) is 4.62. The van der Waals surface area contributed by atoms with E-state index >= 15 is 0 Å². The standard InChI is InChI=1S/C13H21BrN2O/c1-2-8-16-13(11(14)9-15-16)10-6-4-3-5-7-12(10)17/h9-10,12,17H,2-8H2,1H3. The predicted octanol–water partition coefficient (Wildman–Crippen LogP) is 3.46. The van der Waals surface area contributed by atoms with Gasteiger partial charge in [-0.05, 0) is 35.2 Å². The van der Waals surface area contributed by atoms with Crippen molar-refractivity contribution in [3.8, 4) is 0 Å². The lowest BCUT2D eigenvalue weighted by atomic mass is 9.93. The summed E-state index contributed by atoms with van der Waals surface area (Å²) in [7, 11) is 0. The molecule has 1 aliphatic carbocycles. The number of hydrogen-bond donors (Lipinski definition) is 1. The van der Waals surface area contributed by atoms with Gasteiger partial charge in [0.15, 0.2) is 0 Å². The second kappa shape index (κ2) is 6.01. The maximum Gasteiger partial charge on any atom is 0.0635 e. The molecule has 0 radical (unpaired) electrons. The summed E-state index contributed by atoms with van der Waals surface area (Å²) < 4.78 is 3.11. The lowest BCUT2D eigenvalue weighted by molar-refractivity contribution is 0.131. The molecule has 2 atom stereocenters. The molecule has 0 spiro atoms. The van der Waals surface area contributed by atoms with Gasteiger partial charge in [-0.15, -0.1) is 0 Å². The van der Waals surface area contributed by atoms with Crippen LogP contribution in [0.15, 0.2) is 10.7 Å². The Hall–Kier alpha value is -0.350. The Morgan fingerprint density at radius 3 is 2.94 bits per heavy atom. The Morgan fingerprint density at radius 1 is 1.41 bits per heavy atom. The lowest BCUT2D eigenvalue weighted by Gasteiger charge is -2.22. The smallest absolute Gasteiger partial charge is 0.0635 e. The predicted molar refractivity (Wildman–Crippen MR) is 72.1 cm³/mol. The number of rotatable bonds is 3. The summed E-state index contributed by atoms with van der Waals surface area (Å²) in [6.45, 7) is 3.09. The van der Waals surface area contributed by atoms with Gasteiger partial charge in [-0.1, -0.05) is 26.2 Å². The van der Waals surface area contributed by atoms with Crippen LogP contribution >= 0.6 is 15.9 Å². The van der Waals surface area contributed by atoms with Crippen molar-refractivity contribution in [2.75, 3.05) is 0 Å². The van der Waals surface area contributed by atoms with E-state index in [-0.39, 0.29) is 12.0 Å². The number of aryl methyl sites for hydroxylation is 1. The maximum atomic E-state index is 10.3. The van der Waals surface area contributed by atoms with Crippen LogP contribution in [0.5, 0.6) is 0 Å². The Morgan fingerprint density at radius 2 is 2.18 bits per heavy atom. The zero-order chi connectivity index (χ0) is 12.3. The maximum absolute atomic E-state index is 10.3. The average Bonchev–Trinajstić information content (AvgIpc) is 2.53. The molecule has 2 unspecified atom stereocenters. The molecule has 2 rings (SSSR count). The van der Waals surface area contributed by atoms with Gasteiger partial charge in [0.2, 0.25) is 0 Å². The molecule has 3 nitrogen and oxygen atoms in total. The Bertz CT molecular complexity index is 364. The average molecular weight is 301 g/mol. The summed E-state index contributed by atoms with van der Waals surface area (Å²) in [4.78, 5) is 0.